The molecule has 1 nitrogen and oxygen atoms in total. The lowest BCUT2D eigenvalue weighted by Crippen LogP contribution is -2.41. The van der Waals surface area contributed by atoms with E-state index in [1.807, 2.05) is 0 Å². The Kier molecular flexibility index (Phi) is 2.39. The average Bonchev–Trinajstić information content (AvgIpc) is 2.65. The van der Waals surface area contributed by atoms with Crippen LogP contribution in [-0.4, -0.2) is 12.1 Å². The van der Waals surface area contributed by atoms with Gasteiger partial charge in [-0.25, -0.2) is 0 Å². The summed E-state index contributed by atoms with van der Waals surface area (Å²) in [5.74, 6) is 0.917. The number of nitrogens with one attached hydrogen (secondary N) is 1. The standard InChI is InChI=1S/C12H23N/c1-9-6-11(13-10-4-5-10)8-12(2,3)7-9/h9-11,13H,4-8H2,1-3H3. The van der Waals surface area contributed by atoms with Gasteiger partial charge in [-0.05, 0) is 43.4 Å². The van der Waals surface area contributed by atoms with Crippen LogP contribution in [0.15, 0.2) is 0 Å². The lowest BCUT2D eigenvalue weighted by atomic mass is 9.70. The third-order valence-electron chi connectivity index (χ3n) is 3.44. The van der Waals surface area contributed by atoms with Gasteiger partial charge >= 0.3 is 0 Å². The van der Waals surface area contributed by atoms with Crippen molar-refractivity contribution in [1.29, 1.82) is 0 Å². The van der Waals surface area contributed by atoms with Crippen molar-refractivity contribution in [2.45, 2.75) is 65.0 Å². The lowest BCUT2D eigenvalue weighted by molar-refractivity contribution is 0.151. The molecule has 2 saturated carbocycles. The summed E-state index contributed by atoms with van der Waals surface area (Å²) >= 11 is 0. The molecule has 1 N–H and O–H groups in total. The topological polar surface area (TPSA) is 12.0 Å². The molecule has 0 spiro atoms. The Bertz CT molecular complexity index is 180. The van der Waals surface area contributed by atoms with Crippen LogP contribution in [0.5, 0.6) is 0 Å². The van der Waals surface area contributed by atoms with Crippen LogP contribution in [0.25, 0.3) is 0 Å². The molecule has 0 saturated heterocycles. The maximum absolute atomic E-state index is 3.78. The van der Waals surface area contributed by atoms with Gasteiger partial charge < -0.3 is 5.32 Å². The van der Waals surface area contributed by atoms with Crippen molar-refractivity contribution in [2.24, 2.45) is 11.3 Å². The molecule has 2 atom stereocenters. The van der Waals surface area contributed by atoms with E-state index in [-0.39, 0.29) is 0 Å². The average molecular weight is 181 g/mol. The Hall–Kier alpha value is -0.0400. The Morgan fingerprint density at radius 3 is 2.31 bits per heavy atom. The van der Waals surface area contributed by atoms with Crippen molar-refractivity contribution in [1.82, 2.24) is 5.32 Å². The van der Waals surface area contributed by atoms with E-state index in [2.05, 4.69) is 26.1 Å². The largest absolute Gasteiger partial charge is 0.311 e. The first kappa shape index (κ1) is 9.51. The molecule has 0 aromatic heterocycles. The molecule has 1 heteroatoms. The molecule has 0 aromatic rings. The van der Waals surface area contributed by atoms with Crippen LogP contribution in [0, 0.1) is 11.3 Å². The molecule has 2 aliphatic carbocycles. The summed E-state index contributed by atoms with van der Waals surface area (Å²) < 4.78 is 0. The minimum Gasteiger partial charge on any atom is -0.311 e. The fraction of sp³-hybridized carbons (Fsp3) is 1.00. The summed E-state index contributed by atoms with van der Waals surface area (Å²) in [5.41, 5.74) is 0.574. The highest BCUT2D eigenvalue weighted by Gasteiger charge is 2.34. The minimum atomic E-state index is 0.574. The molecule has 76 valence electrons. The molecule has 0 amide bonds. The van der Waals surface area contributed by atoms with Gasteiger partial charge in [0.25, 0.3) is 0 Å². The van der Waals surface area contributed by atoms with Gasteiger partial charge in [0.2, 0.25) is 0 Å². The Morgan fingerprint density at radius 2 is 1.77 bits per heavy atom. The van der Waals surface area contributed by atoms with Gasteiger partial charge in [0.1, 0.15) is 0 Å². The first-order valence-corrected chi connectivity index (χ1v) is 5.81. The predicted octanol–water partition coefficient (Wildman–Crippen LogP) is 2.95. The smallest absolute Gasteiger partial charge is 0.00772 e. The van der Waals surface area contributed by atoms with E-state index < -0.39 is 0 Å². The SMILES string of the molecule is CC1CC(NC2CC2)CC(C)(C)C1. The molecular formula is C12H23N. The van der Waals surface area contributed by atoms with Crippen molar-refractivity contribution in [3.63, 3.8) is 0 Å². The van der Waals surface area contributed by atoms with Crippen molar-refractivity contribution >= 4 is 0 Å². The van der Waals surface area contributed by atoms with E-state index in [1.165, 1.54) is 32.1 Å². The zero-order valence-corrected chi connectivity index (χ0v) is 9.27. The van der Waals surface area contributed by atoms with Crippen LogP contribution < -0.4 is 5.32 Å². The zero-order chi connectivity index (χ0) is 9.47. The fourth-order valence-electron chi connectivity index (χ4n) is 3.06. The summed E-state index contributed by atoms with van der Waals surface area (Å²) in [5, 5.41) is 3.78. The Morgan fingerprint density at radius 1 is 1.08 bits per heavy atom. The second-order valence-electron chi connectivity index (χ2n) is 6.05. The summed E-state index contributed by atoms with van der Waals surface area (Å²) in [6, 6.07) is 1.69. The normalized spacial score (nSPS) is 39.0. The van der Waals surface area contributed by atoms with E-state index in [4.69, 9.17) is 0 Å². The molecule has 2 rings (SSSR count). The van der Waals surface area contributed by atoms with E-state index in [1.54, 1.807) is 0 Å². The van der Waals surface area contributed by atoms with E-state index in [0.717, 1.165) is 18.0 Å². The van der Waals surface area contributed by atoms with Crippen LogP contribution in [0.2, 0.25) is 0 Å². The van der Waals surface area contributed by atoms with Crippen LogP contribution >= 0.6 is 0 Å². The van der Waals surface area contributed by atoms with Gasteiger partial charge in [-0.1, -0.05) is 20.8 Å². The predicted molar refractivity (Wildman–Crippen MR) is 56.7 cm³/mol. The summed E-state index contributed by atoms with van der Waals surface area (Å²) in [6.45, 7) is 7.25. The third kappa shape index (κ3) is 2.70. The fourth-order valence-corrected chi connectivity index (χ4v) is 3.06. The van der Waals surface area contributed by atoms with Crippen molar-refractivity contribution < 1.29 is 0 Å². The van der Waals surface area contributed by atoms with Gasteiger partial charge in [0.15, 0.2) is 0 Å². The molecular weight excluding hydrogens is 158 g/mol. The molecule has 0 bridgehead atoms. The number of hydrogen-bond acceptors (Lipinski definition) is 1. The maximum atomic E-state index is 3.78. The highest BCUT2D eigenvalue weighted by Crippen LogP contribution is 2.39. The maximum Gasteiger partial charge on any atom is 0.00772 e. The van der Waals surface area contributed by atoms with Crippen LogP contribution in [-0.2, 0) is 0 Å². The lowest BCUT2D eigenvalue weighted by Gasteiger charge is -2.39. The van der Waals surface area contributed by atoms with Crippen LogP contribution in [0.1, 0.15) is 52.9 Å². The van der Waals surface area contributed by atoms with E-state index in [0.29, 0.717) is 5.41 Å². The second-order valence-corrected chi connectivity index (χ2v) is 6.05. The molecule has 13 heavy (non-hydrogen) atoms. The molecule has 0 aliphatic heterocycles. The highest BCUT2D eigenvalue weighted by atomic mass is 15.0. The second kappa shape index (κ2) is 3.27. The van der Waals surface area contributed by atoms with Crippen LogP contribution in [0.3, 0.4) is 0 Å². The first-order valence-electron chi connectivity index (χ1n) is 5.81. The molecule has 0 aromatic carbocycles. The third-order valence-corrected chi connectivity index (χ3v) is 3.44. The van der Waals surface area contributed by atoms with Gasteiger partial charge in [-0.2, -0.15) is 0 Å². The van der Waals surface area contributed by atoms with Crippen molar-refractivity contribution in [3.05, 3.63) is 0 Å². The number of rotatable bonds is 2. The molecule has 2 unspecified atom stereocenters. The summed E-state index contributed by atoms with van der Waals surface area (Å²) in [6.07, 6.45) is 7.04. The molecule has 0 radical (unpaired) electrons. The monoisotopic (exact) mass is 181 g/mol. The number of hydrogen-bond donors (Lipinski definition) is 1. The zero-order valence-electron chi connectivity index (χ0n) is 9.27. The van der Waals surface area contributed by atoms with Crippen LogP contribution in [0.4, 0.5) is 0 Å². The van der Waals surface area contributed by atoms with E-state index in [9.17, 15) is 0 Å². The van der Waals surface area contributed by atoms with Gasteiger partial charge in [-0.3, -0.25) is 0 Å². The molecule has 0 heterocycles. The molecule has 2 aliphatic rings. The molecule has 2 fully saturated rings. The minimum absolute atomic E-state index is 0.574. The quantitative estimate of drug-likeness (QED) is 0.690. The Balaban J connectivity index is 1.88. The van der Waals surface area contributed by atoms with Gasteiger partial charge in [0.05, 0.1) is 0 Å². The van der Waals surface area contributed by atoms with E-state index >= 15 is 0 Å². The van der Waals surface area contributed by atoms with Gasteiger partial charge in [0, 0.05) is 12.1 Å². The summed E-state index contributed by atoms with van der Waals surface area (Å²) in [7, 11) is 0. The van der Waals surface area contributed by atoms with Crippen molar-refractivity contribution in [2.75, 3.05) is 0 Å². The summed E-state index contributed by atoms with van der Waals surface area (Å²) in [4.78, 5) is 0. The van der Waals surface area contributed by atoms with Gasteiger partial charge in [-0.15, -0.1) is 0 Å². The van der Waals surface area contributed by atoms with Crippen molar-refractivity contribution in [3.8, 4) is 0 Å². The highest BCUT2D eigenvalue weighted by molar-refractivity contribution is 4.91. The first-order chi connectivity index (χ1) is 6.05. The Labute approximate surface area is 82.3 Å².